The van der Waals surface area contributed by atoms with Gasteiger partial charge in [0.2, 0.25) is 5.91 Å². The van der Waals surface area contributed by atoms with Crippen molar-refractivity contribution in [3.05, 3.63) is 0 Å². The summed E-state index contributed by atoms with van der Waals surface area (Å²) in [5.74, 6) is 0.329. The van der Waals surface area contributed by atoms with E-state index < -0.39 is 0 Å². The Hall–Kier alpha value is -0.570. The molecule has 1 N–H and O–H groups in total. The summed E-state index contributed by atoms with van der Waals surface area (Å²) >= 11 is 0. The van der Waals surface area contributed by atoms with Crippen LogP contribution >= 0.6 is 0 Å². The summed E-state index contributed by atoms with van der Waals surface area (Å²) in [4.78, 5) is 14.3. The van der Waals surface area contributed by atoms with E-state index in [1.807, 2.05) is 11.9 Å². The van der Waals surface area contributed by atoms with Gasteiger partial charge in [-0.05, 0) is 24.3 Å². The van der Waals surface area contributed by atoms with Gasteiger partial charge >= 0.3 is 0 Å². The molecule has 0 bridgehead atoms. The van der Waals surface area contributed by atoms with Crippen molar-refractivity contribution in [2.24, 2.45) is 10.8 Å². The molecule has 0 aromatic heterocycles. The first-order chi connectivity index (χ1) is 8.22. The van der Waals surface area contributed by atoms with Crippen molar-refractivity contribution in [2.75, 3.05) is 20.1 Å². The van der Waals surface area contributed by atoms with Gasteiger partial charge in [0, 0.05) is 25.6 Å². The first kappa shape index (κ1) is 15.5. The van der Waals surface area contributed by atoms with Crippen LogP contribution < -0.4 is 5.32 Å². The average molecular weight is 254 g/mol. The van der Waals surface area contributed by atoms with Crippen molar-refractivity contribution in [2.45, 2.75) is 59.9 Å². The third-order valence-corrected chi connectivity index (χ3v) is 4.57. The molecule has 0 aromatic carbocycles. The number of hydrogen-bond acceptors (Lipinski definition) is 2. The number of likely N-dealkylation sites (tertiary alicyclic amines) is 1. The lowest BCUT2D eigenvalue weighted by molar-refractivity contribution is -0.138. The van der Waals surface area contributed by atoms with Crippen LogP contribution in [0.2, 0.25) is 0 Å². The number of piperidine rings is 1. The van der Waals surface area contributed by atoms with E-state index in [0.29, 0.717) is 18.4 Å². The molecular formula is C15H30N2O. The lowest BCUT2D eigenvalue weighted by Gasteiger charge is -2.41. The molecule has 0 aromatic rings. The second-order valence-electron chi connectivity index (χ2n) is 7.14. The highest BCUT2D eigenvalue weighted by atomic mass is 16.2. The van der Waals surface area contributed by atoms with Crippen LogP contribution in [-0.4, -0.2) is 37.0 Å². The SMILES string of the molecule is CCC1(C)CCN(CC(NC)C(C)(C)C)C(=O)C1. The van der Waals surface area contributed by atoms with E-state index in [2.05, 4.69) is 39.9 Å². The topological polar surface area (TPSA) is 32.3 Å². The van der Waals surface area contributed by atoms with Gasteiger partial charge < -0.3 is 10.2 Å². The molecule has 1 heterocycles. The summed E-state index contributed by atoms with van der Waals surface area (Å²) in [5.41, 5.74) is 0.408. The highest BCUT2D eigenvalue weighted by Crippen LogP contribution is 2.35. The maximum Gasteiger partial charge on any atom is 0.223 e. The highest BCUT2D eigenvalue weighted by Gasteiger charge is 2.35. The molecule has 2 unspecified atom stereocenters. The standard InChI is InChI=1S/C15H30N2O/c1-7-15(5)8-9-17(13(18)10-15)11-12(16-6)14(2,3)4/h12,16H,7-11H2,1-6H3. The normalized spacial score (nSPS) is 27.4. The second-order valence-corrected chi connectivity index (χ2v) is 7.14. The van der Waals surface area contributed by atoms with Crippen molar-refractivity contribution in [3.8, 4) is 0 Å². The Labute approximate surface area is 112 Å². The number of hydrogen-bond donors (Lipinski definition) is 1. The zero-order valence-corrected chi connectivity index (χ0v) is 13.0. The minimum Gasteiger partial charge on any atom is -0.341 e. The molecule has 3 nitrogen and oxygen atoms in total. The molecular weight excluding hydrogens is 224 g/mol. The van der Waals surface area contributed by atoms with Gasteiger partial charge in [0.05, 0.1) is 0 Å². The summed E-state index contributed by atoms with van der Waals surface area (Å²) in [7, 11) is 1.99. The fraction of sp³-hybridized carbons (Fsp3) is 0.933. The van der Waals surface area contributed by atoms with Gasteiger partial charge in [-0.25, -0.2) is 0 Å². The minimum absolute atomic E-state index is 0.181. The highest BCUT2D eigenvalue weighted by molar-refractivity contribution is 5.77. The Morgan fingerprint density at radius 1 is 1.44 bits per heavy atom. The Kier molecular flexibility index (Phi) is 4.82. The van der Waals surface area contributed by atoms with Gasteiger partial charge in [-0.1, -0.05) is 41.0 Å². The molecule has 1 fully saturated rings. The predicted molar refractivity (Wildman–Crippen MR) is 76.5 cm³/mol. The van der Waals surface area contributed by atoms with Crippen LogP contribution in [0, 0.1) is 10.8 Å². The number of amides is 1. The third kappa shape index (κ3) is 3.71. The first-order valence-corrected chi connectivity index (χ1v) is 7.17. The first-order valence-electron chi connectivity index (χ1n) is 7.17. The maximum absolute atomic E-state index is 12.2. The zero-order chi connectivity index (χ0) is 14.0. The molecule has 18 heavy (non-hydrogen) atoms. The van der Waals surface area contributed by atoms with E-state index in [4.69, 9.17) is 0 Å². The molecule has 0 radical (unpaired) electrons. The molecule has 2 atom stereocenters. The number of carbonyl (C=O) groups excluding carboxylic acids is 1. The van der Waals surface area contributed by atoms with E-state index in [1.54, 1.807) is 0 Å². The van der Waals surface area contributed by atoms with Crippen LogP contribution in [0.3, 0.4) is 0 Å². The van der Waals surface area contributed by atoms with E-state index in [-0.39, 0.29) is 10.8 Å². The van der Waals surface area contributed by atoms with Crippen LogP contribution in [0.4, 0.5) is 0 Å². The van der Waals surface area contributed by atoms with E-state index in [9.17, 15) is 4.79 Å². The number of nitrogens with one attached hydrogen (secondary N) is 1. The minimum atomic E-state index is 0.181. The molecule has 1 aliphatic heterocycles. The number of likely N-dealkylation sites (N-methyl/N-ethyl adjacent to an activating group) is 1. The summed E-state index contributed by atoms with van der Waals surface area (Å²) < 4.78 is 0. The fourth-order valence-electron chi connectivity index (χ4n) is 2.61. The molecule has 3 heteroatoms. The van der Waals surface area contributed by atoms with Gasteiger partial charge in [-0.2, -0.15) is 0 Å². The smallest absolute Gasteiger partial charge is 0.223 e. The van der Waals surface area contributed by atoms with Crippen molar-refractivity contribution in [3.63, 3.8) is 0 Å². The monoisotopic (exact) mass is 254 g/mol. The Morgan fingerprint density at radius 2 is 2.06 bits per heavy atom. The van der Waals surface area contributed by atoms with Gasteiger partial charge in [0.1, 0.15) is 0 Å². The molecule has 1 saturated heterocycles. The van der Waals surface area contributed by atoms with Gasteiger partial charge in [0.15, 0.2) is 0 Å². The summed E-state index contributed by atoms with van der Waals surface area (Å²) in [5, 5.41) is 3.35. The van der Waals surface area contributed by atoms with Crippen molar-refractivity contribution < 1.29 is 4.79 Å². The molecule has 1 amide bonds. The largest absolute Gasteiger partial charge is 0.341 e. The number of carbonyl (C=O) groups is 1. The van der Waals surface area contributed by atoms with Crippen LogP contribution in [0.15, 0.2) is 0 Å². The summed E-state index contributed by atoms with van der Waals surface area (Å²) in [6.07, 6.45) is 2.95. The number of rotatable bonds is 4. The zero-order valence-electron chi connectivity index (χ0n) is 13.0. The van der Waals surface area contributed by atoms with E-state index >= 15 is 0 Å². The van der Waals surface area contributed by atoms with Gasteiger partial charge in [-0.15, -0.1) is 0 Å². The van der Waals surface area contributed by atoms with Gasteiger partial charge in [0.25, 0.3) is 0 Å². The Balaban J connectivity index is 2.62. The molecule has 0 spiro atoms. The lowest BCUT2D eigenvalue weighted by Crippen LogP contribution is -2.52. The lowest BCUT2D eigenvalue weighted by atomic mass is 9.77. The summed E-state index contributed by atoms with van der Waals surface area (Å²) in [6, 6.07) is 0.354. The van der Waals surface area contributed by atoms with E-state index in [1.165, 1.54) is 0 Å². The Bertz CT molecular complexity index is 295. The molecule has 1 rings (SSSR count). The Morgan fingerprint density at radius 3 is 2.44 bits per heavy atom. The molecule has 0 aliphatic carbocycles. The van der Waals surface area contributed by atoms with Crippen molar-refractivity contribution in [1.29, 1.82) is 0 Å². The average Bonchev–Trinajstić information content (AvgIpc) is 2.26. The summed E-state index contributed by atoms with van der Waals surface area (Å²) in [6.45, 7) is 12.8. The molecule has 0 saturated carbocycles. The van der Waals surface area contributed by atoms with Crippen LogP contribution in [0.1, 0.15) is 53.9 Å². The number of nitrogens with zero attached hydrogens (tertiary/aromatic N) is 1. The van der Waals surface area contributed by atoms with Crippen LogP contribution in [0.25, 0.3) is 0 Å². The predicted octanol–water partition coefficient (Wildman–Crippen LogP) is 2.66. The molecule has 1 aliphatic rings. The van der Waals surface area contributed by atoms with Gasteiger partial charge in [-0.3, -0.25) is 4.79 Å². The third-order valence-electron chi connectivity index (χ3n) is 4.57. The quantitative estimate of drug-likeness (QED) is 0.836. The van der Waals surface area contributed by atoms with E-state index in [0.717, 1.165) is 25.9 Å². The second kappa shape index (κ2) is 5.60. The van der Waals surface area contributed by atoms with Crippen molar-refractivity contribution >= 4 is 5.91 Å². The molecule has 106 valence electrons. The van der Waals surface area contributed by atoms with Crippen LogP contribution in [0.5, 0.6) is 0 Å². The maximum atomic E-state index is 12.2. The fourth-order valence-corrected chi connectivity index (χ4v) is 2.61. The van der Waals surface area contributed by atoms with Crippen molar-refractivity contribution in [1.82, 2.24) is 10.2 Å². The van der Waals surface area contributed by atoms with Crippen LogP contribution in [-0.2, 0) is 4.79 Å².